The van der Waals surface area contributed by atoms with Crippen LogP contribution in [0.25, 0.3) is 0 Å². The molecule has 4 rings (SSSR count). The van der Waals surface area contributed by atoms with Gasteiger partial charge in [0.25, 0.3) is 0 Å². The molecule has 3 aromatic rings. The van der Waals surface area contributed by atoms with Gasteiger partial charge >= 0.3 is 6.03 Å². The van der Waals surface area contributed by atoms with Gasteiger partial charge in [-0.05, 0) is 49.2 Å². The lowest BCUT2D eigenvalue weighted by molar-refractivity contribution is 0.254. The van der Waals surface area contributed by atoms with Crippen molar-refractivity contribution in [1.29, 1.82) is 0 Å². The minimum Gasteiger partial charge on any atom is -0.457 e. The van der Waals surface area contributed by atoms with Gasteiger partial charge in [-0.2, -0.15) is 0 Å². The van der Waals surface area contributed by atoms with Crippen molar-refractivity contribution in [3.05, 3.63) is 60.6 Å². The predicted octanol–water partition coefficient (Wildman–Crippen LogP) is 5.13. The van der Waals surface area contributed by atoms with Gasteiger partial charge in [-0.1, -0.05) is 24.4 Å². The number of urea groups is 1. The molecular formula is C21H22N4O3. The molecule has 0 unspecified atom stereocenters. The minimum absolute atomic E-state index is 0.330. The third-order valence-corrected chi connectivity index (χ3v) is 4.96. The van der Waals surface area contributed by atoms with E-state index in [0.29, 0.717) is 29.0 Å². The Labute approximate surface area is 163 Å². The van der Waals surface area contributed by atoms with E-state index in [2.05, 4.69) is 10.1 Å². The fourth-order valence-electron chi connectivity index (χ4n) is 3.54. The molecule has 2 N–H and O–H groups in total. The van der Waals surface area contributed by atoms with Crippen LogP contribution in [0.15, 0.2) is 59.4 Å². The Morgan fingerprint density at radius 3 is 2.39 bits per heavy atom. The first-order chi connectivity index (χ1) is 13.7. The largest absolute Gasteiger partial charge is 0.457 e. The van der Waals surface area contributed by atoms with Gasteiger partial charge < -0.3 is 15.0 Å². The predicted molar refractivity (Wildman–Crippen MR) is 105 cm³/mol. The summed E-state index contributed by atoms with van der Waals surface area (Å²) in [6.07, 6.45) is 9.19. The lowest BCUT2D eigenvalue weighted by Crippen LogP contribution is -2.31. The number of primary amides is 1. The molecule has 0 atom stereocenters. The van der Waals surface area contributed by atoms with E-state index in [4.69, 9.17) is 15.0 Å². The zero-order chi connectivity index (χ0) is 19.3. The topological polar surface area (TPSA) is 94.5 Å². The van der Waals surface area contributed by atoms with Crippen LogP contribution in [0.5, 0.6) is 11.5 Å². The second-order valence-electron chi connectivity index (χ2n) is 6.88. The van der Waals surface area contributed by atoms with Crippen LogP contribution >= 0.6 is 0 Å². The molecule has 2 amide bonds. The van der Waals surface area contributed by atoms with Gasteiger partial charge in [-0.25, -0.2) is 9.69 Å². The minimum atomic E-state index is -0.630. The molecule has 7 nitrogen and oxygen atoms in total. The molecule has 0 bridgehead atoms. The maximum absolute atomic E-state index is 12.1. The average Bonchev–Trinajstić information content (AvgIpc) is 3.20. The average molecular weight is 378 g/mol. The highest BCUT2D eigenvalue weighted by Gasteiger charge is 2.24. The Morgan fingerprint density at radius 1 is 1.04 bits per heavy atom. The maximum Gasteiger partial charge on any atom is 0.326 e. The van der Waals surface area contributed by atoms with Gasteiger partial charge in [0.15, 0.2) is 0 Å². The summed E-state index contributed by atoms with van der Waals surface area (Å²) in [6.45, 7) is 0. The number of ether oxygens (including phenoxy) is 1. The molecule has 1 aromatic carbocycles. The summed E-state index contributed by atoms with van der Waals surface area (Å²) in [5, 5.41) is 4.19. The number of carbonyl (C=O) groups is 1. The lowest BCUT2D eigenvalue weighted by Gasteiger charge is -2.19. The number of aromatic nitrogens is 2. The number of amides is 2. The summed E-state index contributed by atoms with van der Waals surface area (Å²) >= 11 is 0. The molecule has 1 aliphatic rings. The molecule has 144 valence electrons. The van der Waals surface area contributed by atoms with E-state index in [-0.39, 0.29) is 0 Å². The highest BCUT2D eigenvalue weighted by atomic mass is 16.5. The van der Waals surface area contributed by atoms with Crippen molar-refractivity contribution in [3.63, 3.8) is 0 Å². The monoisotopic (exact) mass is 378 g/mol. The molecule has 0 aliphatic heterocycles. The van der Waals surface area contributed by atoms with Gasteiger partial charge in [-0.3, -0.25) is 4.98 Å². The van der Waals surface area contributed by atoms with Crippen LogP contribution in [0, 0.1) is 0 Å². The van der Waals surface area contributed by atoms with Crippen molar-refractivity contribution >= 4 is 17.6 Å². The number of pyridine rings is 1. The normalized spacial score (nSPS) is 14.6. The van der Waals surface area contributed by atoms with E-state index in [1.807, 2.05) is 6.07 Å². The van der Waals surface area contributed by atoms with E-state index in [0.717, 1.165) is 18.5 Å². The van der Waals surface area contributed by atoms with Crippen LogP contribution < -0.4 is 15.4 Å². The molecule has 0 radical (unpaired) electrons. The zero-order valence-corrected chi connectivity index (χ0v) is 15.5. The van der Waals surface area contributed by atoms with Gasteiger partial charge in [0.05, 0.1) is 11.4 Å². The molecule has 7 heteroatoms. The van der Waals surface area contributed by atoms with E-state index < -0.39 is 6.03 Å². The van der Waals surface area contributed by atoms with Crippen LogP contribution in [0.2, 0.25) is 0 Å². The van der Waals surface area contributed by atoms with Crippen molar-refractivity contribution in [1.82, 2.24) is 10.1 Å². The van der Waals surface area contributed by atoms with Crippen molar-refractivity contribution in [2.45, 2.75) is 38.0 Å². The van der Waals surface area contributed by atoms with Gasteiger partial charge in [0.2, 0.25) is 5.88 Å². The summed E-state index contributed by atoms with van der Waals surface area (Å²) in [4.78, 5) is 17.4. The summed E-state index contributed by atoms with van der Waals surface area (Å²) in [7, 11) is 0. The number of rotatable bonds is 5. The molecule has 1 saturated carbocycles. The van der Waals surface area contributed by atoms with E-state index in [1.54, 1.807) is 48.8 Å². The van der Waals surface area contributed by atoms with Crippen LogP contribution in [-0.4, -0.2) is 16.2 Å². The summed E-state index contributed by atoms with van der Waals surface area (Å²) in [5.41, 5.74) is 7.08. The molecule has 2 aromatic heterocycles. The van der Waals surface area contributed by atoms with E-state index in [1.165, 1.54) is 24.2 Å². The molecule has 1 fully saturated rings. The third kappa shape index (κ3) is 3.98. The van der Waals surface area contributed by atoms with Crippen molar-refractivity contribution in [3.8, 4) is 11.5 Å². The van der Waals surface area contributed by atoms with Gasteiger partial charge in [0.1, 0.15) is 11.5 Å². The fourth-order valence-corrected chi connectivity index (χ4v) is 3.54. The first kappa shape index (κ1) is 18.0. The van der Waals surface area contributed by atoms with Crippen LogP contribution in [0.3, 0.4) is 0 Å². The van der Waals surface area contributed by atoms with Gasteiger partial charge in [0, 0.05) is 24.4 Å². The number of hydrogen-bond donors (Lipinski definition) is 1. The molecule has 0 saturated heterocycles. The molecule has 0 spiro atoms. The number of benzene rings is 1. The molecule has 28 heavy (non-hydrogen) atoms. The quantitative estimate of drug-likeness (QED) is 0.664. The second-order valence-corrected chi connectivity index (χ2v) is 6.88. The third-order valence-electron chi connectivity index (χ3n) is 4.96. The zero-order valence-electron chi connectivity index (χ0n) is 15.5. The number of nitrogens with two attached hydrogens (primary N) is 1. The smallest absolute Gasteiger partial charge is 0.326 e. The van der Waals surface area contributed by atoms with Crippen LogP contribution in [0.4, 0.5) is 16.4 Å². The summed E-state index contributed by atoms with van der Waals surface area (Å²) in [5.74, 6) is 2.04. The summed E-state index contributed by atoms with van der Waals surface area (Å²) in [6, 6.07) is 11.8. The van der Waals surface area contributed by atoms with E-state index in [9.17, 15) is 4.79 Å². The maximum atomic E-state index is 12.1. The van der Waals surface area contributed by atoms with Crippen molar-refractivity contribution < 1.29 is 14.1 Å². The Bertz CT molecular complexity index is 918. The number of carbonyl (C=O) groups excluding carboxylic acids is 1. The highest BCUT2D eigenvalue weighted by molar-refractivity contribution is 5.97. The molecule has 2 heterocycles. The number of nitrogens with zero attached hydrogens (tertiary/aromatic N) is 3. The lowest BCUT2D eigenvalue weighted by atomic mass is 9.87. The summed E-state index contributed by atoms with van der Waals surface area (Å²) < 4.78 is 11.2. The standard InChI is InChI=1S/C21H22N4O3/c22-21(26)25(20-14-19(24-28-20)15-4-2-1-3-5-15)16-6-8-17(9-7-16)27-18-10-12-23-13-11-18/h6-15H,1-5H2,(H2,22,26). The number of hydrogen-bond acceptors (Lipinski definition) is 5. The second kappa shape index (κ2) is 8.12. The van der Waals surface area contributed by atoms with Gasteiger partial charge in [-0.15, -0.1) is 0 Å². The van der Waals surface area contributed by atoms with Crippen LogP contribution in [-0.2, 0) is 0 Å². The first-order valence-electron chi connectivity index (χ1n) is 9.45. The number of anilines is 2. The molecule has 1 aliphatic carbocycles. The SMILES string of the molecule is NC(=O)N(c1ccc(Oc2ccncc2)cc1)c1cc(C2CCCCC2)no1. The Hall–Kier alpha value is -3.35. The highest BCUT2D eigenvalue weighted by Crippen LogP contribution is 2.35. The first-order valence-corrected chi connectivity index (χ1v) is 9.45. The Balaban J connectivity index is 1.53. The van der Waals surface area contributed by atoms with Crippen molar-refractivity contribution in [2.75, 3.05) is 4.90 Å². The Kier molecular flexibility index (Phi) is 5.23. The van der Waals surface area contributed by atoms with Crippen molar-refractivity contribution in [2.24, 2.45) is 5.73 Å². The van der Waals surface area contributed by atoms with E-state index >= 15 is 0 Å². The Morgan fingerprint density at radius 2 is 1.71 bits per heavy atom. The van der Waals surface area contributed by atoms with Crippen LogP contribution in [0.1, 0.15) is 43.7 Å². The fraction of sp³-hybridized carbons (Fsp3) is 0.286. The molecular weight excluding hydrogens is 356 g/mol.